The maximum absolute atomic E-state index is 13.0. The van der Waals surface area contributed by atoms with E-state index in [1.165, 1.54) is 42.6 Å². The second-order valence-electron chi connectivity index (χ2n) is 10.8. The zero-order chi connectivity index (χ0) is 33.3. The van der Waals surface area contributed by atoms with Crippen molar-refractivity contribution in [2.45, 2.75) is 44.6 Å². The zero-order valence-corrected chi connectivity index (χ0v) is 24.8. The smallest absolute Gasteiger partial charge is 0.416 e. The van der Waals surface area contributed by atoms with Crippen molar-refractivity contribution in [3.8, 4) is 0 Å². The lowest BCUT2D eigenvalue weighted by molar-refractivity contribution is -0.145. The molecule has 2 heterocycles. The van der Waals surface area contributed by atoms with Crippen LogP contribution in [0.3, 0.4) is 0 Å². The summed E-state index contributed by atoms with van der Waals surface area (Å²) in [4.78, 5) is 31.3. The number of halogens is 6. The van der Waals surface area contributed by atoms with E-state index in [2.05, 4.69) is 27.5 Å². The summed E-state index contributed by atoms with van der Waals surface area (Å²) in [5.74, 6) is -0.0130. The van der Waals surface area contributed by atoms with Gasteiger partial charge in [0.2, 0.25) is 0 Å². The van der Waals surface area contributed by atoms with Crippen LogP contribution in [-0.4, -0.2) is 65.4 Å². The van der Waals surface area contributed by atoms with Crippen molar-refractivity contribution in [3.63, 3.8) is 0 Å². The van der Waals surface area contributed by atoms with Crippen LogP contribution in [0, 0.1) is 0 Å². The molecule has 1 fully saturated rings. The van der Waals surface area contributed by atoms with Crippen LogP contribution in [0.25, 0.3) is 5.70 Å². The molecule has 1 aliphatic rings. The largest absolute Gasteiger partial charge is 0.463 e. The summed E-state index contributed by atoms with van der Waals surface area (Å²) in [6.45, 7) is 6.24. The Morgan fingerprint density at radius 3 is 2.17 bits per heavy atom. The summed E-state index contributed by atoms with van der Waals surface area (Å²) in [6, 6.07) is 9.02. The van der Waals surface area contributed by atoms with Gasteiger partial charge in [0.15, 0.2) is 11.6 Å². The molecule has 0 bridgehead atoms. The minimum absolute atomic E-state index is 0.0351. The van der Waals surface area contributed by atoms with Gasteiger partial charge >= 0.3 is 24.4 Å². The van der Waals surface area contributed by atoms with E-state index >= 15 is 0 Å². The first-order valence-electron chi connectivity index (χ1n) is 14.5. The van der Waals surface area contributed by atoms with Gasteiger partial charge in [0, 0.05) is 25.0 Å². The van der Waals surface area contributed by atoms with Crippen molar-refractivity contribution >= 4 is 29.2 Å². The molecule has 0 radical (unpaired) electrons. The Balaban J connectivity index is 1.39. The normalized spacial score (nSPS) is 14.0. The SMILES string of the molecule is C=C(NCCOC(=O)CN1CCCCC1)c1nc(NC(=O)Nc2ccc(CC(F)(F)F)cc2)cn1Cc1ccc(C(F)(F)F)cc1. The van der Waals surface area contributed by atoms with Crippen LogP contribution in [0.4, 0.5) is 42.6 Å². The van der Waals surface area contributed by atoms with Gasteiger partial charge < -0.3 is 19.9 Å². The van der Waals surface area contributed by atoms with Gasteiger partial charge in [-0.2, -0.15) is 26.3 Å². The second-order valence-corrected chi connectivity index (χ2v) is 10.8. The predicted molar refractivity (Wildman–Crippen MR) is 160 cm³/mol. The summed E-state index contributed by atoms with van der Waals surface area (Å²) in [5.41, 5.74) is 0.295. The third-order valence-corrected chi connectivity index (χ3v) is 7.04. The number of urea groups is 1. The van der Waals surface area contributed by atoms with Crippen LogP contribution in [0.15, 0.2) is 61.3 Å². The maximum Gasteiger partial charge on any atom is 0.416 e. The maximum atomic E-state index is 13.0. The highest BCUT2D eigenvalue weighted by atomic mass is 19.4. The Labute approximate surface area is 261 Å². The van der Waals surface area contributed by atoms with Crippen molar-refractivity contribution in [1.82, 2.24) is 19.8 Å². The molecule has 2 amide bonds. The molecule has 248 valence electrons. The first-order valence-corrected chi connectivity index (χ1v) is 14.5. The van der Waals surface area contributed by atoms with E-state index in [1.54, 1.807) is 4.57 Å². The predicted octanol–water partition coefficient (Wildman–Crippen LogP) is 6.29. The third-order valence-electron chi connectivity index (χ3n) is 7.04. The Kier molecular flexibility index (Phi) is 11.3. The fraction of sp³-hybridized carbons (Fsp3) is 0.387. The van der Waals surface area contributed by atoms with E-state index in [0.29, 0.717) is 11.3 Å². The minimum Gasteiger partial charge on any atom is -0.463 e. The van der Waals surface area contributed by atoms with Gasteiger partial charge in [-0.1, -0.05) is 37.3 Å². The number of anilines is 2. The minimum atomic E-state index is -4.49. The number of aromatic nitrogens is 2. The molecule has 2 aromatic carbocycles. The highest BCUT2D eigenvalue weighted by Crippen LogP contribution is 2.29. The van der Waals surface area contributed by atoms with E-state index in [9.17, 15) is 35.9 Å². The molecule has 1 aromatic heterocycles. The number of imidazole rings is 1. The number of benzene rings is 2. The molecule has 3 aromatic rings. The number of amides is 2. The number of esters is 1. The Hall–Kier alpha value is -4.53. The monoisotopic (exact) mass is 652 g/mol. The van der Waals surface area contributed by atoms with Gasteiger partial charge in [0.25, 0.3) is 0 Å². The van der Waals surface area contributed by atoms with E-state index in [0.717, 1.165) is 44.5 Å². The third kappa shape index (κ3) is 10.8. The van der Waals surface area contributed by atoms with Gasteiger partial charge in [-0.05, 0) is 61.3 Å². The van der Waals surface area contributed by atoms with Crippen molar-refractivity contribution in [2.75, 3.05) is 43.4 Å². The molecule has 9 nitrogen and oxygen atoms in total. The Morgan fingerprint density at radius 1 is 0.891 bits per heavy atom. The van der Waals surface area contributed by atoms with Gasteiger partial charge in [-0.3, -0.25) is 15.0 Å². The van der Waals surface area contributed by atoms with Crippen molar-refractivity contribution < 1.29 is 40.7 Å². The van der Waals surface area contributed by atoms with E-state index < -0.39 is 30.4 Å². The number of hydrogen-bond donors (Lipinski definition) is 3. The molecule has 0 spiro atoms. The molecule has 46 heavy (non-hydrogen) atoms. The van der Waals surface area contributed by atoms with E-state index in [-0.39, 0.29) is 55.1 Å². The first kappa shape index (κ1) is 34.3. The summed E-state index contributed by atoms with van der Waals surface area (Å²) in [6.07, 6.45) is -5.25. The van der Waals surface area contributed by atoms with Crippen molar-refractivity contribution in [3.05, 3.63) is 83.8 Å². The van der Waals surface area contributed by atoms with Crippen LogP contribution < -0.4 is 16.0 Å². The number of likely N-dealkylation sites (tertiary alicyclic amines) is 1. The van der Waals surface area contributed by atoms with Gasteiger partial charge in [-0.25, -0.2) is 9.78 Å². The Bertz CT molecular complexity index is 1480. The van der Waals surface area contributed by atoms with Crippen LogP contribution >= 0.6 is 0 Å². The van der Waals surface area contributed by atoms with Crippen LogP contribution in [0.1, 0.15) is 41.8 Å². The molecule has 0 atom stereocenters. The lowest BCUT2D eigenvalue weighted by atomic mass is 10.1. The molecule has 4 rings (SSSR count). The summed E-state index contributed by atoms with van der Waals surface area (Å²) in [7, 11) is 0. The molecule has 1 saturated heterocycles. The topological polar surface area (TPSA) is 101 Å². The molecular weight excluding hydrogens is 618 g/mol. The summed E-state index contributed by atoms with van der Waals surface area (Å²) < 4.78 is 83.9. The molecule has 1 aliphatic heterocycles. The van der Waals surface area contributed by atoms with Gasteiger partial charge in [0.1, 0.15) is 6.61 Å². The fourth-order valence-electron chi connectivity index (χ4n) is 4.84. The number of nitrogens with one attached hydrogen (secondary N) is 3. The lowest BCUT2D eigenvalue weighted by Crippen LogP contribution is -2.35. The van der Waals surface area contributed by atoms with Gasteiger partial charge in [-0.15, -0.1) is 0 Å². The fourth-order valence-corrected chi connectivity index (χ4v) is 4.84. The van der Waals surface area contributed by atoms with Gasteiger partial charge in [0.05, 0.1) is 24.2 Å². The van der Waals surface area contributed by atoms with E-state index in [4.69, 9.17) is 4.74 Å². The quantitative estimate of drug-likeness (QED) is 0.121. The van der Waals surface area contributed by atoms with Crippen LogP contribution in [0.2, 0.25) is 0 Å². The number of alkyl halides is 6. The average Bonchev–Trinajstić information content (AvgIpc) is 3.37. The highest BCUT2D eigenvalue weighted by Gasteiger charge is 2.30. The number of carbonyl (C=O) groups is 2. The average molecular weight is 653 g/mol. The number of nitrogens with zero attached hydrogens (tertiary/aromatic N) is 3. The molecular formula is C31H34F6N6O3. The number of hydrogen-bond acceptors (Lipinski definition) is 6. The highest BCUT2D eigenvalue weighted by molar-refractivity contribution is 5.99. The molecule has 0 unspecified atom stereocenters. The van der Waals surface area contributed by atoms with Crippen molar-refractivity contribution in [2.24, 2.45) is 0 Å². The zero-order valence-electron chi connectivity index (χ0n) is 24.8. The van der Waals surface area contributed by atoms with E-state index in [1.807, 2.05) is 4.90 Å². The summed E-state index contributed by atoms with van der Waals surface area (Å²) >= 11 is 0. The standard InChI is InChI=1S/C31H34F6N6O3/c1-21(38-13-16-46-27(44)20-42-14-3-2-4-15-42)28-40-26(19-43(28)18-23-5-9-24(10-6-23)31(35,36)37)41-29(45)39-25-11-7-22(8-12-25)17-30(32,33)34/h5-12,19,38H,1-4,13-18,20H2,(H2,39,41,45). The lowest BCUT2D eigenvalue weighted by Gasteiger charge is -2.25. The molecule has 3 N–H and O–H groups in total. The second kappa shape index (κ2) is 15.2. The Morgan fingerprint density at radius 2 is 1.54 bits per heavy atom. The number of ether oxygens (including phenoxy) is 1. The molecule has 0 saturated carbocycles. The molecule has 15 heteroatoms. The van der Waals surface area contributed by atoms with Crippen LogP contribution in [-0.2, 0) is 28.7 Å². The number of rotatable bonds is 12. The van der Waals surface area contributed by atoms with Crippen molar-refractivity contribution in [1.29, 1.82) is 0 Å². The number of carbonyl (C=O) groups excluding carboxylic acids is 2. The first-order chi connectivity index (χ1) is 21.7. The molecule has 0 aliphatic carbocycles. The summed E-state index contributed by atoms with van der Waals surface area (Å²) in [5, 5.41) is 8.07. The number of piperidine rings is 1. The van der Waals surface area contributed by atoms with Crippen LogP contribution in [0.5, 0.6) is 0 Å².